The number of aliphatic carboxylic acids is 2. The second-order valence-corrected chi connectivity index (χ2v) is 3.55. The third kappa shape index (κ3) is 3.98. The van der Waals surface area contributed by atoms with Gasteiger partial charge in [0.25, 0.3) is 0 Å². The summed E-state index contributed by atoms with van der Waals surface area (Å²) in [6.07, 6.45) is 4.50. The van der Waals surface area contributed by atoms with Crippen molar-refractivity contribution in [3.8, 4) is 0 Å². The minimum atomic E-state index is -1.19. The van der Waals surface area contributed by atoms with Crippen LogP contribution in [0.2, 0.25) is 0 Å². The monoisotopic (exact) mass is 226 g/mol. The molecule has 1 aliphatic rings. The van der Waals surface area contributed by atoms with Crippen LogP contribution in [-0.2, 0) is 9.59 Å². The molecule has 0 aliphatic heterocycles. The van der Waals surface area contributed by atoms with Crippen LogP contribution < -0.4 is 0 Å². The van der Waals surface area contributed by atoms with E-state index in [-0.39, 0.29) is 57.3 Å². The zero-order valence-electron chi connectivity index (χ0n) is 7.40. The Morgan fingerprint density at radius 2 is 1.43 bits per heavy atom. The molecule has 1 aliphatic carbocycles. The van der Waals surface area contributed by atoms with Crippen LogP contribution in [0.3, 0.4) is 0 Å². The molecule has 14 heavy (non-hydrogen) atoms. The molecule has 1 saturated carbocycles. The number of hydrogen-bond donors (Lipinski definition) is 2. The molecule has 1 fully saturated rings. The van der Waals surface area contributed by atoms with Gasteiger partial charge in [-0.25, -0.2) is 0 Å². The summed E-state index contributed by atoms with van der Waals surface area (Å²) >= 11 is 0. The van der Waals surface area contributed by atoms with Crippen molar-refractivity contribution in [2.24, 2.45) is 11.8 Å². The van der Waals surface area contributed by atoms with Crippen molar-refractivity contribution >= 4 is 63.3 Å². The van der Waals surface area contributed by atoms with E-state index >= 15 is 0 Å². The van der Waals surface area contributed by atoms with Gasteiger partial charge in [-0.05, 0) is 18.8 Å². The Morgan fingerprint density at radius 3 is 1.79 bits per heavy atom. The first-order valence-electron chi connectivity index (χ1n) is 4.58. The van der Waals surface area contributed by atoms with Crippen LogP contribution in [-0.4, -0.2) is 73.5 Å². The molecule has 0 amide bonds. The molecule has 0 atom stereocenters. The van der Waals surface area contributed by atoms with E-state index in [4.69, 9.17) is 10.2 Å². The number of carboxylic acids is 2. The van der Waals surface area contributed by atoms with Gasteiger partial charge in [0.2, 0.25) is 0 Å². The summed E-state index contributed by atoms with van der Waals surface area (Å²) in [5.41, 5.74) is 0. The average molecular weight is 226 g/mol. The molecule has 4 nitrogen and oxygen atoms in total. The summed E-state index contributed by atoms with van der Waals surface area (Å²) in [7, 11) is 0. The maximum absolute atomic E-state index is 10.7. The van der Waals surface area contributed by atoms with Crippen molar-refractivity contribution in [1.82, 2.24) is 0 Å². The standard InChI is InChI=1S/C9H14O4.K.H/c10-8(11)7(9(12)13)6-4-2-1-3-5-6;;/h6-7H,1-5H2,(H,10,11)(H,12,13);;. The van der Waals surface area contributed by atoms with E-state index in [2.05, 4.69) is 0 Å². The van der Waals surface area contributed by atoms with Crippen LogP contribution in [0.4, 0.5) is 0 Å². The third-order valence-corrected chi connectivity index (χ3v) is 2.65. The number of hydrogen-bond acceptors (Lipinski definition) is 2. The van der Waals surface area contributed by atoms with E-state index in [9.17, 15) is 9.59 Å². The summed E-state index contributed by atoms with van der Waals surface area (Å²) in [5, 5.41) is 17.4. The molecule has 0 heterocycles. The summed E-state index contributed by atoms with van der Waals surface area (Å²) in [4.78, 5) is 21.3. The van der Waals surface area contributed by atoms with E-state index in [0.717, 1.165) is 32.1 Å². The molecule has 76 valence electrons. The third-order valence-electron chi connectivity index (χ3n) is 2.65. The van der Waals surface area contributed by atoms with Gasteiger partial charge in [-0.1, -0.05) is 19.3 Å². The normalized spacial score (nSPS) is 17.5. The van der Waals surface area contributed by atoms with Crippen LogP contribution >= 0.6 is 0 Å². The van der Waals surface area contributed by atoms with Gasteiger partial charge in [-0.15, -0.1) is 0 Å². The first kappa shape index (κ1) is 14.6. The summed E-state index contributed by atoms with van der Waals surface area (Å²) in [6, 6.07) is 0. The molecule has 2 N–H and O–H groups in total. The van der Waals surface area contributed by atoms with E-state index in [1.807, 2.05) is 0 Å². The minimum absolute atomic E-state index is 0. The van der Waals surface area contributed by atoms with Crippen molar-refractivity contribution in [2.45, 2.75) is 32.1 Å². The van der Waals surface area contributed by atoms with Crippen LogP contribution in [0.5, 0.6) is 0 Å². The van der Waals surface area contributed by atoms with Crippen LogP contribution in [0.1, 0.15) is 32.1 Å². The fourth-order valence-electron chi connectivity index (χ4n) is 1.98. The first-order chi connectivity index (χ1) is 6.13. The second-order valence-electron chi connectivity index (χ2n) is 3.55. The molecule has 0 saturated heterocycles. The molecule has 0 unspecified atom stereocenters. The Bertz CT molecular complexity index is 197. The predicted molar refractivity (Wildman–Crippen MR) is 52.5 cm³/mol. The van der Waals surface area contributed by atoms with E-state index in [0.29, 0.717) is 0 Å². The van der Waals surface area contributed by atoms with Gasteiger partial charge in [-0.2, -0.15) is 0 Å². The Morgan fingerprint density at radius 1 is 1.00 bits per heavy atom. The van der Waals surface area contributed by atoms with Gasteiger partial charge in [0.05, 0.1) is 0 Å². The molecule has 0 aromatic rings. The topological polar surface area (TPSA) is 74.6 Å². The molecular weight excluding hydrogens is 211 g/mol. The Hall–Kier alpha value is 0.576. The summed E-state index contributed by atoms with van der Waals surface area (Å²) in [5.74, 6) is -3.75. The number of carboxylic acid groups (broad SMARTS) is 2. The quantitative estimate of drug-likeness (QED) is 0.549. The molecule has 1 rings (SSSR count). The fraction of sp³-hybridized carbons (Fsp3) is 0.778. The Balaban J connectivity index is 0.00000169. The number of carbonyl (C=O) groups is 2. The summed E-state index contributed by atoms with van der Waals surface area (Å²) < 4.78 is 0. The van der Waals surface area contributed by atoms with Crippen LogP contribution in [0.15, 0.2) is 0 Å². The van der Waals surface area contributed by atoms with Crippen LogP contribution in [0, 0.1) is 11.8 Å². The Kier molecular flexibility index (Phi) is 7.24. The molecule has 0 aromatic heterocycles. The van der Waals surface area contributed by atoms with Crippen molar-refractivity contribution in [2.75, 3.05) is 0 Å². The zero-order chi connectivity index (χ0) is 9.84. The van der Waals surface area contributed by atoms with Gasteiger partial charge < -0.3 is 10.2 Å². The van der Waals surface area contributed by atoms with Gasteiger partial charge in [-0.3, -0.25) is 9.59 Å². The predicted octanol–water partition coefficient (Wildman–Crippen LogP) is 0.704. The first-order valence-corrected chi connectivity index (χ1v) is 4.58. The molecular formula is C9H15KO4. The van der Waals surface area contributed by atoms with Gasteiger partial charge in [0, 0.05) is 0 Å². The fourth-order valence-corrected chi connectivity index (χ4v) is 1.98. The van der Waals surface area contributed by atoms with Gasteiger partial charge in [0.15, 0.2) is 5.92 Å². The van der Waals surface area contributed by atoms with E-state index in [1.165, 1.54) is 0 Å². The molecule has 0 spiro atoms. The van der Waals surface area contributed by atoms with Gasteiger partial charge >= 0.3 is 63.3 Å². The van der Waals surface area contributed by atoms with Crippen molar-refractivity contribution in [3.05, 3.63) is 0 Å². The van der Waals surface area contributed by atoms with Crippen molar-refractivity contribution in [1.29, 1.82) is 0 Å². The Labute approximate surface area is 125 Å². The number of rotatable bonds is 3. The molecule has 5 heteroatoms. The SMILES string of the molecule is O=C(O)C(C(=O)O)C1CCCCC1.[KH]. The summed E-state index contributed by atoms with van der Waals surface area (Å²) in [6.45, 7) is 0. The average Bonchev–Trinajstić information content (AvgIpc) is 2.04. The second kappa shape index (κ2) is 6.95. The van der Waals surface area contributed by atoms with E-state index in [1.54, 1.807) is 0 Å². The maximum atomic E-state index is 10.7. The zero-order valence-corrected chi connectivity index (χ0v) is 7.40. The van der Waals surface area contributed by atoms with Gasteiger partial charge in [0.1, 0.15) is 0 Å². The van der Waals surface area contributed by atoms with Crippen molar-refractivity contribution < 1.29 is 19.8 Å². The van der Waals surface area contributed by atoms with E-state index < -0.39 is 17.9 Å². The molecule has 0 radical (unpaired) electrons. The molecule has 0 bridgehead atoms. The molecule has 0 aromatic carbocycles. The van der Waals surface area contributed by atoms with Crippen molar-refractivity contribution in [3.63, 3.8) is 0 Å². The van der Waals surface area contributed by atoms with Crippen LogP contribution in [0.25, 0.3) is 0 Å².